The Labute approximate surface area is 108 Å². The van der Waals surface area contributed by atoms with Gasteiger partial charge in [0.05, 0.1) is 19.8 Å². The van der Waals surface area contributed by atoms with Crippen molar-refractivity contribution in [2.45, 2.75) is 38.4 Å². The third-order valence-electron chi connectivity index (χ3n) is 3.16. The predicted octanol–water partition coefficient (Wildman–Crippen LogP) is 2.73. The Morgan fingerprint density at radius 3 is 2.72 bits per heavy atom. The summed E-state index contributed by atoms with van der Waals surface area (Å²) in [5.41, 5.74) is 1.16. The fourth-order valence-electron chi connectivity index (χ4n) is 2.14. The molecule has 18 heavy (non-hydrogen) atoms. The normalized spacial score (nSPS) is 20.0. The van der Waals surface area contributed by atoms with Gasteiger partial charge in [-0.25, -0.2) is 0 Å². The van der Waals surface area contributed by atoms with E-state index >= 15 is 0 Å². The average molecular weight is 248 g/mol. The number of carbonyl (C=O) groups is 1. The van der Waals surface area contributed by atoms with Gasteiger partial charge in [-0.05, 0) is 24.8 Å². The summed E-state index contributed by atoms with van der Waals surface area (Å²) in [4.78, 5) is 11.5. The highest BCUT2D eigenvalue weighted by atomic mass is 16.5. The minimum Gasteiger partial charge on any atom is -0.374 e. The van der Waals surface area contributed by atoms with Crippen LogP contribution in [-0.4, -0.2) is 25.1 Å². The molecule has 3 heteroatoms. The van der Waals surface area contributed by atoms with Crippen LogP contribution in [0.3, 0.4) is 0 Å². The zero-order valence-electron chi connectivity index (χ0n) is 10.6. The van der Waals surface area contributed by atoms with Crippen molar-refractivity contribution in [3.8, 4) is 0 Å². The van der Waals surface area contributed by atoms with E-state index in [4.69, 9.17) is 9.47 Å². The first kappa shape index (κ1) is 13.2. The Morgan fingerprint density at radius 2 is 1.94 bits per heavy atom. The van der Waals surface area contributed by atoms with Crippen molar-refractivity contribution < 1.29 is 14.3 Å². The Balaban J connectivity index is 1.57. The van der Waals surface area contributed by atoms with E-state index in [1.54, 1.807) is 0 Å². The zero-order chi connectivity index (χ0) is 12.6. The summed E-state index contributed by atoms with van der Waals surface area (Å²) in [5, 5.41) is 0. The maximum absolute atomic E-state index is 11.5. The maximum atomic E-state index is 11.5. The van der Waals surface area contributed by atoms with Gasteiger partial charge in [-0.2, -0.15) is 0 Å². The predicted molar refractivity (Wildman–Crippen MR) is 69.3 cm³/mol. The minimum atomic E-state index is -0.181. The molecule has 2 rings (SSSR count). The van der Waals surface area contributed by atoms with Crippen LogP contribution < -0.4 is 0 Å². The van der Waals surface area contributed by atoms with Crippen molar-refractivity contribution in [1.82, 2.24) is 0 Å². The van der Waals surface area contributed by atoms with Gasteiger partial charge in [0.1, 0.15) is 6.10 Å². The number of hydrogen-bond donors (Lipinski definition) is 0. The van der Waals surface area contributed by atoms with Crippen molar-refractivity contribution in [2.75, 3.05) is 13.2 Å². The molecule has 1 aliphatic carbocycles. The molecule has 98 valence electrons. The molecule has 1 aliphatic rings. The Bertz CT molecular complexity index is 361. The topological polar surface area (TPSA) is 35.5 Å². The van der Waals surface area contributed by atoms with Gasteiger partial charge in [0.15, 0.2) is 5.78 Å². The number of ketones is 1. The summed E-state index contributed by atoms with van der Waals surface area (Å²) < 4.78 is 11.1. The van der Waals surface area contributed by atoms with E-state index in [0.717, 1.165) is 24.8 Å². The SMILES string of the molecule is O=C1CCCCC1OCCOCc1ccccc1. The highest BCUT2D eigenvalue weighted by Crippen LogP contribution is 2.17. The van der Waals surface area contributed by atoms with E-state index in [9.17, 15) is 4.79 Å². The third kappa shape index (κ3) is 4.24. The molecule has 1 aromatic rings. The molecule has 0 aliphatic heterocycles. The zero-order valence-corrected chi connectivity index (χ0v) is 10.6. The summed E-state index contributed by atoms with van der Waals surface area (Å²) in [6.07, 6.45) is 3.48. The van der Waals surface area contributed by atoms with Crippen LogP contribution in [-0.2, 0) is 20.9 Å². The van der Waals surface area contributed by atoms with Crippen LogP contribution in [0.2, 0.25) is 0 Å². The lowest BCUT2D eigenvalue weighted by Gasteiger charge is -2.20. The lowest BCUT2D eigenvalue weighted by Crippen LogP contribution is -2.28. The maximum Gasteiger partial charge on any atom is 0.161 e. The van der Waals surface area contributed by atoms with Crippen LogP contribution in [0.5, 0.6) is 0 Å². The molecule has 1 aromatic carbocycles. The summed E-state index contributed by atoms with van der Waals surface area (Å²) >= 11 is 0. The van der Waals surface area contributed by atoms with Gasteiger partial charge in [-0.15, -0.1) is 0 Å². The Hall–Kier alpha value is -1.19. The van der Waals surface area contributed by atoms with Gasteiger partial charge in [0.25, 0.3) is 0 Å². The molecule has 0 radical (unpaired) electrons. The highest BCUT2D eigenvalue weighted by Gasteiger charge is 2.22. The van der Waals surface area contributed by atoms with Gasteiger partial charge in [-0.3, -0.25) is 4.79 Å². The highest BCUT2D eigenvalue weighted by molar-refractivity contribution is 5.83. The summed E-state index contributed by atoms with van der Waals surface area (Å²) in [6.45, 7) is 1.64. The van der Waals surface area contributed by atoms with E-state index < -0.39 is 0 Å². The molecule has 0 amide bonds. The van der Waals surface area contributed by atoms with Crippen LogP contribution in [0.4, 0.5) is 0 Å². The molecule has 0 heterocycles. The Kier molecular flexibility index (Phi) is 5.36. The lowest BCUT2D eigenvalue weighted by atomic mass is 9.96. The van der Waals surface area contributed by atoms with E-state index in [1.165, 1.54) is 0 Å². The number of Topliss-reactive ketones (excluding diaryl/α,β-unsaturated/α-hetero) is 1. The molecule has 1 atom stereocenters. The van der Waals surface area contributed by atoms with Gasteiger partial charge in [0.2, 0.25) is 0 Å². The van der Waals surface area contributed by atoms with E-state index in [-0.39, 0.29) is 11.9 Å². The fraction of sp³-hybridized carbons (Fsp3) is 0.533. The van der Waals surface area contributed by atoms with Gasteiger partial charge >= 0.3 is 0 Å². The van der Waals surface area contributed by atoms with E-state index in [2.05, 4.69) is 0 Å². The summed E-state index contributed by atoms with van der Waals surface area (Å²) in [6, 6.07) is 10.0. The van der Waals surface area contributed by atoms with Crippen LogP contribution >= 0.6 is 0 Å². The van der Waals surface area contributed by atoms with Crippen LogP contribution in [0.25, 0.3) is 0 Å². The standard InChI is InChI=1S/C15H20O3/c16-14-8-4-5-9-15(14)18-11-10-17-12-13-6-2-1-3-7-13/h1-3,6-7,15H,4-5,8-12H2. The van der Waals surface area contributed by atoms with Crippen LogP contribution in [0.15, 0.2) is 30.3 Å². The first-order valence-corrected chi connectivity index (χ1v) is 6.62. The third-order valence-corrected chi connectivity index (χ3v) is 3.16. The van der Waals surface area contributed by atoms with Crippen molar-refractivity contribution in [3.05, 3.63) is 35.9 Å². The smallest absolute Gasteiger partial charge is 0.161 e. The van der Waals surface area contributed by atoms with E-state index in [1.807, 2.05) is 30.3 Å². The second-order valence-corrected chi connectivity index (χ2v) is 4.61. The lowest BCUT2D eigenvalue weighted by molar-refractivity contribution is -0.134. The largest absolute Gasteiger partial charge is 0.374 e. The van der Waals surface area contributed by atoms with E-state index in [0.29, 0.717) is 26.2 Å². The second kappa shape index (κ2) is 7.29. The number of ether oxygens (including phenoxy) is 2. The average Bonchev–Trinajstić information content (AvgIpc) is 2.42. The number of benzene rings is 1. The molecule has 3 nitrogen and oxygen atoms in total. The number of carbonyl (C=O) groups excluding carboxylic acids is 1. The van der Waals surface area contributed by atoms with Crippen molar-refractivity contribution in [1.29, 1.82) is 0 Å². The molecule has 1 unspecified atom stereocenters. The van der Waals surface area contributed by atoms with Gasteiger partial charge < -0.3 is 9.47 Å². The minimum absolute atomic E-state index is 0.181. The van der Waals surface area contributed by atoms with Gasteiger partial charge in [-0.1, -0.05) is 30.3 Å². The molecule has 0 aromatic heterocycles. The van der Waals surface area contributed by atoms with Crippen LogP contribution in [0.1, 0.15) is 31.2 Å². The molecule has 0 bridgehead atoms. The summed E-state index contributed by atoms with van der Waals surface area (Å²) in [7, 11) is 0. The van der Waals surface area contributed by atoms with Gasteiger partial charge in [0, 0.05) is 6.42 Å². The summed E-state index contributed by atoms with van der Waals surface area (Å²) in [5.74, 6) is 0.254. The molecular formula is C15H20O3. The molecule has 1 fully saturated rings. The molecule has 0 spiro atoms. The first-order chi connectivity index (χ1) is 8.86. The van der Waals surface area contributed by atoms with Crippen molar-refractivity contribution in [3.63, 3.8) is 0 Å². The first-order valence-electron chi connectivity index (χ1n) is 6.62. The quantitative estimate of drug-likeness (QED) is 0.726. The molecular weight excluding hydrogens is 228 g/mol. The molecule has 1 saturated carbocycles. The number of hydrogen-bond acceptors (Lipinski definition) is 3. The molecule has 0 N–H and O–H groups in total. The van der Waals surface area contributed by atoms with Crippen molar-refractivity contribution >= 4 is 5.78 Å². The Morgan fingerprint density at radius 1 is 1.11 bits per heavy atom. The molecule has 0 saturated heterocycles. The number of rotatable bonds is 6. The monoisotopic (exact) mass is 248 g/mol. The fourth-order valence-corrected chi connectivity index (χ4v) is 2.14. The second-order valence-electron chi connectivity index (χ2n) is 4.61. The van der Waals surface area contributed by atoms with Crippen LogP contribution in [0, 0.1) is 0 Å². The van der Waals surface area contributed by atoms with Crippen molar-refractivity contribution in [2.24, 2.45) is 0 Å².